The van der Waals surface area contributed by atoms with Gasteiger partial charge >= 0.3 is 12.0 Å². The van der Waals surface area contributed by atoms with Gasteiger partial charge in [-0.2, -0.15) is 0 Å². The maximum Gasteiger partial charge on any atom is 0.341 e. The van der Waals surface area contributed by atoms with Crippen LogP contribution in [0.1, 0.15) is 12.8 Å². The van der Waals surface area contributed by atoms with Crippen molar-refractivity contribution in [1.82, 2.24) is 15.3 Å². The molecule has 7 heteroatoms. The van der Waals surface area contributed by atoms with Crippen molar-refractivity contribution in [3.8, 4) is 0 Å². The van der Waals surface area contributed by atoms with Crippen LogP contribution in [0.2, 0.25) is 0 Å². The molecular formula is C11H19N3O4. The van der Waals surface area contributed by atoms with E-state index in [4.69, 9.17) is 5.11 Å². The van der Waals surface area contributed by atoms with Crippen molar-refractivity contribution >= 4 is 12.0 Å². The van der Waals surface area contributed by atoms with Crippen LogP contribution in [-0.4, -0.2) is 66.2 Å². The van der Waals surface area contributed by atoms with Crippen LogP contribution in [-0.2, 0) is 9.63 Å². The first kappa shape index (κ1) is 13.1. The van der Waals surface area contributed by atoms with Crippen molar-refractivity contribution in [2.24, 2.45) is 5.92 Å². The number of hydroxylamine groups is 1. The molecule has 18 heavy (non-hydrogen) atoms. The zero-order valence-corrected chi connectivity index (χ0v) is 10.3. The Hall–Kier alpha value is -1.34. The second kappa shape index (κ2) is 6.01. The fourth-order valence-corrected chi connectivity index (χ4v) is 2.02. The van der Waals surface area contributed by atoms with Gasteiger partial charge in [-0.1, -0.05) is 0 Å². The lowest BCUT2D eigenvalue weighted by atomic mass is 10.3. The molecule has 1 saturated heterocycles. The van der Waals surface area contributed by atoms with E-state index >= 15 is 0 Å². The highest BCUT2D eigenvalue weighted by Crippen LogP contribution is 2.29. The minimum absolute atomic E-state index is 0.359. The number of nitrogens with one attached hydrogen (secondary N) is 1. The van der Waals surface area contributed by atoms with Crippen LogP contribution < -0.4 is 5.48 Å². The quantitative estimate of drug-likeness (QED) is 0.663. The maximum absolute atomic E-state index is 11.6. The van der Waals surface area contributed by atoms with Gasteiger partial charge in [0, 0.05) is 32.7 Å². The Morgan fingerprint density at radius 1 is 1.22 bits per heavy atom. The second-order valence-electron chi connectivity index (χ2n) is 4.82. The molecule has 1 aliphatic carbocycles. The lowest BCUT2D eigenvalue weighted by Crippen LogP contribution is -2.52. The fourth-order valence-electron chi connectivity index (χ4n) is 2.02. The Morgan fingerprint density at radius 2 is 1.89 bits per heavy atom. The Bertz CT molecular complexity index is 311. The molecule has 0 aromatic heterocycles. The smallest absolute Gasteiger partial charge is 0.341 e. The number of carbonyl (C=O) groups excluding carboxylic acids is 1. The normalized spacial score (nSPS) is 20.8. The molecule has 0 aromatic carbocycles. The molecular weight excluding hydrogens is 238 g/mol. The molecule has 1 aliphatic heterocycles. The summed E-state index contributed by atoms with van der Waals surface area (Å²) in [6, 6.07) is -0.359. The molecule has 2 rings (SSSR count). The number of urea groups is 1. The van der Waals surface area contributed by atoms with E-state index in [2.05, 4.69) is 15.2 Å². The number of piperazine rings is 1. The third-order valence-corrected chi connectivity index (χ3v) is 3.23. The van der Waals surface area contributed by atoms with E-state index in [0.717, 1.165) is 25.6 Å². The third kappa shape index (κ3) is 4.15. The zero-order chi connectivity index (χ0) is 13.0. The van der Waals surface area contributed by atoms with E-state index in [-0.39, 0.29) is 6.03 Å². The predicted molar refractivity (Wildman–Crippen MR) is 62.9 cm³/mol. The van der Waals surface area contributed by atoms with Crippen LogP contribution in [0, 0.1) is 5.92 Å². The highest BCUT2D eigenvalue weighted by molar-refractivity contribution is 5.73. The van der Waals surface area contributed by atoms with E-state index in [9.17, 15) is 9.59 Å². The number of rotatable bonds is 5. The second-order valence-corrected chi connectivity index (χ2v) is 4.82. The predicted octanol–water partition coefficient (Wildman–Crippen LogP) is -0.260. The molecule has 0 bridgehead atoms. The number of carboxylic acid groups (broad SMARTS) is 1. The Kier molecular flexibility index (Phi) is 4.38. The summed E-state index contributed by atoms with van der Waals surface area (Å²) in [6.45, 7) is 3.70. The van der Waals surface area contributed by atoms with E-state index in [1.54, 1.807) is 4.90 Å². The topological polar surface area (TPSA) is 82.1 Å². The van der Waals surface area contributed by atoms with Gasteiger partial charge in [0.05, 0.1) is 0 Å². The molecule has 2 amide bonds. The number of hydrogen-bond acceptors (Lipinski definition) is 4. The summed E-state index contributed by atoms with van der Waals surface area (Å²) in [5, 5.41) is 8.36. The lowest BCUT2D eigenvalue weighted by Gasteiger charge is -2.34. The molecule has 1 heterocycles. The summed E-state index contributed by atoms with van der Waals surface area (Å²) in [5.41, 5.74) is 2.14. The Morgan fingerprint density at radius 3 is 2.44 bits per heavy atom. The first-order valence-corrected chi connectivity index (χ1v) is 6.26. The van der Waals surface area contributed by atoms with Gasteiger partial charge in [-0.3, -0.25) is 9.74 Å². The van der Waals surface area contributed by atoms with Crippen molar-refractivity contribution in [3.63, 3.8) is 0 Å². The first-order chi connectivity index (χ1) is 8.65. The van der Waals surface area contributed by atoms with Crippen LogP contribution in [0.5, 0.6) is 0 Å². The van der Waals surface area contributed by atoms with E-state index in [1.807, 2.05) is 0 Å². The number of amides is 2. The van der Waals surface area contributed by atoms with Gasteiger partial charge in [0.15, 0.2) is 6.61 Å². The minimum atomic E-state index is -1.11. The molecule has 102 valence electrons. The highest BCUT2D eigenvalue weighted by atomic mass is 16.7. The largest absolute Gasteiger partial charge is 0.479 e. The van der Waals surface area contributed by atoms with Gasteiger partial charge in [-0.25, -0.2) is 15.1 Å². The lowest BCUT2D eigenvalue weighted by molar-refractivity contribution is -0.144. The summed E-state index contributed by atoms with van der Waals surface area (Å²) < 4.78 is 0. The third-order valence-electron chi connectivity index (χ3n) is 3.23. The van der Waals surface area contributed by atoms with Crippen LogP contribution in [0.25, 0.3) is 0 Å². The van der Waals surface area contributed by atoms with Crippen molar-refractivity contribution < 1.29 is 19.5 Å². The molecule has 0 radical (unpaired) electrons. The summed E-state index contributed by atoms with van der Waals surface area (Å²) >= 11 is 0. The molecule has 7 nitrogen and oxygen atoms in total. The number of aliphatic carboxylic acids is 1. The van der Waals surface area contributed by atoms with Gasteiger partial charge in [0.25, 0.3) is 0 Å². The van der Waals surface area contributed by atoms with Crippen LogP contribution >= 0.6 is 0 Å². The van der Waals surface area contributed by atoms with E-state index in [1.165, 1.54) is 12.8 Å². The first-order valence-electron chi connectivity index (χ1n) is 6.26. The molecule has 2 aliphatic rings. The number of carboxylic acids is 1. The molecule has 0 atom stereocenters. The molecule has 0 spiro atoms. The molecule has 0 unspecified atom stereocenters. The standard InChI is InChI=1S/C11H19N3O4/c15-10(16)8-18-12-11(17)14-5-3-13(4-6-14)7-9-1-2-9/h9H,1-8H2,(H,12,17)(H,15,16). The maximum atomic E-state index is 11.6. The average Bonchev–Trinajstić information content (AvgIpc) is 3.13. The van der Waals surface area contributed by atoms with Gasteiger partial charge in [-0.05, 0) is 18.8 Å². The van der Waals surface area contributed by atoms with Crippen molar-refractivity contribution in [3.05, 3.63) is 0 Å². The minimum Gasteiger partial charge on any atom is -0.479 e. The Labute approximate surface area is 106 Å². The van der Waals surface area contributed by atoms with Gasteiger partial charge < -0.3 is 10.0 Å². The van der Waals surface area contributed by atoms with Crippen molar-refractivity contribution in [2.75, 3.05) is 39.3 Å². The van der Waals surface area contributed by atoms with Crippen molar-refractivity contribution in [1.29, 1.82) is 0 Å². The van der Waals surface area contributed by atoms with Gasteiger partial charge in [0.2, 0.25) is 0 Å². The summed E-state index contributed by atoms with van der Waals surface area (Å²) in [5.74, 6) is -0.242. The molecule has 2 fully saturated rings. The monoisotopic (exact) mass is 257 g/mol. The molecule has 2 N–H and O–H groups in total. The highest BCUT2D eigenvalue weighted by Gasteiger charge is 2.27. The van der Waals surface area contributed by atoms with Gasteiger partial charge in [-0.15, -0.1) is 0 Å². The van der Waals surface area contributed by atoms with Crippen LogP contribution in [0.15, 0.2) is 0 Å². The Balaban J connectivity index is 1.61. The number of carbonyl (C=O) groups is 2. The number of nitrogens with zero attached hydrogens (tertiary/aromatic N) is 2. The van der Waals surface area contributed by atoms with E-state index in [0.29, 0.717) is 13.1 Å². The van der Waals surface area contributed by atoms with Crippen LogP contribution in [0.3, 0.4) is 0 Å². The summed E-state index contributed by atoms with van der Waals surface area (Å²) in [4.78, 5) is 30.4. The SMILES string of the molecule is O=C(O)CONC(=O)N1CCN(CC2CC2)CC1. The fraction of sp³-hybridized carbons (Fsp3) is 0.818. The average molecular weight is 257 g/mol. The van der Waals surface area contributed by atoms with Gasteiger partial charge in [0.1, 0.15) is 0 Å². The van der Waals surface area contributed by atoms with Crippen LogP contribution in [0.4, 0.5) is 4.79 Å². The van der Waals surface area contributed by atoms with Crippen molar-refractivity contribution in [2.45, 2.75) is 12.8 Å². The number of hydrogen-bond donors (Lipinski definition) is 2. The summed E-state index contributed by atoms with van der Waals surface area (Å²) in [6.07, 6.45) is 2.67. The molecule has 1 saturated carbocycles. The van der Waals surface area contributed by atoms with E-state index < -0.39 is 12.6 Å². The summed E-state index contributed by atoms with van der Waals surface area (Å²) in [7, 11) is 0. The molecule has 0 aromatic rings. The zero-order valence-electron chi connectivity index (χ0n) is 10.3.